The molecule has 110 valence electrons. The number of rotatable bonds is 2. The fraction of sp³-hybridized carbons (Fsp3) is 0.385. The molecule has 0 aromatic carbocycles. The molecule has 2 aromatic heterocycles. The number of nitrogens with zero attached hydrogens (tertiary/aromatic N) is 3. The molecule has 2 aromatic rings. The Morgan fingerprint density at radius 2 is 2.33 bits per heavy atom. The molecule has 8 heteroatoms. The number of carbonyl (C=O) groups excluding carboxylic acids is 2. The highest BCUT2D eigenvalue weighted by molar-refractivity contribution is 7.16. The van der Waals surface area contributed by atoms with Crippen LogP contribution in [0.4, 0.5) is 0 Å². The highest BCUT2D eigenvalue weighted by Crippen LogP contribution is 2.13. The SMILES string of the molecule is CC1C(=O)NCCN1C(=O)Cn1cnc2sccc2c1=O. The first-order chi connectivity index (χ1) is 10.1. The van der Waals surface area contributed by atoms with Crippen LogP contribution in [0.25, 0.3) is 10.2 Å². The van der Waals surface area contributed by atoms with Gasteiger partial charge in [0, 0.05) is 13.1 Å². The number of hydrogen-bond donors (Lipinski definition) is 1. The van der Waals surface area contributed by atoms with Gasteiger partial charge in [0.1, 0.15) is 17.4 Å². The Morgan fingerprint density at radius 3 is 3.14 bits per heavy atom. The largest absolute Gasteiger partial charge is 0.353 e. The summed E-state index contributed by atoms with van der Waals surface area (Å²) in [5, 5.41) is 5.01. The van der Waals surface area contributed by atoms with Crippen LogP contribution in [0.15, 0.2) is 22.6 Å². The number of aromatic nitrogens is 2. The quantitative estimate of drug-likeness (QED) is 0.833. The zero-order valence-corrected chi connectivity index (χ0v) is 12.2. The van der Waals surface area contributed by atoms with Gasteiger partial charge in [-0.05, 0) is 18.4 Å². The molecular weight excluding hydrogens is 292 g/mol. The fourth-order valence-electron chi connectivity index (χ4n) is 2.37. The van der Waals surface area contributed by atoms with E-state index in [1.807, 2.05) is 0 Å². The van der Waals surface area contributed by atoms with Crippen molar-refractivity contribution < 1.29 is 9.59 Å². The van der Waals surface area contributed by atoms with Crippen LogP contribution < -0.4 is 10.9 Å². The molecule has 2 amide bonds. The van der Waals surface area contributed by atoms with Gasteiger partial charge in [-0.25, -0.2) is 4.98 Å². The van der Waals surface area contributed by atoms with Crippen molar-refractivity contribution in [2.75, 3.05) is 13.1 Å². The van der Waals surface area contributed by atoms with E-state index in [0.717, 1.165) is 0 Å². The minimum atomic E-state index is -0.514. The Balaban J connectivity index is 1.84. The van der Waals surface area contributed by atoms with Crippen molar-refractivity contribution in [2.45, 2.75) is 19.5 Å². The Morgan fingerprint density at radius 1 is 1.52 bits per heavy atom. The Kier molecular flexibility index (Phi) is 3.46. The second-order valence-electron chi connectivity index (χ2n) is 4.87. The smallest absolute Gasteiger partial charge is 0.262 e. The van der Waals surface area contributed by atoms with Gasteiger partial charge in [-0.3, -0.25) is 19.0 Å². The van der Waals surface area contributed by atoms with Crippen LogP contribution in [-0.2, 0) is 16.1 Å². The third kappa shape index (κ3) is 2.42. The Bertz CT molecular complexity index is 766. The lowest BCUT2D eigenvalue weighted by Crippen LogP contribution is -2.56. The molecule has 0 aliphatic carbocycles. The zero-order valence-electron chi connectivity index (χ0n) is 11.4. The van der Waals surface area contributed by atoms with Gasteiger partial charge in [-0.15, -0.1) is 11.3 Å². The molecule has 1 N–H and O–H groups in total. The minimum Gasteiger partial charge on any atom is -0.353 e. The van der Waals surface area contributed by atoms with Crippen molar-refractivity contribution >= 4 is 33.4 Å². The van der Waals surface area contributed by atoms with E-state index in [0.29, 0.717) is 23.3 Å². The van der Waals surface area contributed by atoms with E-state index in [9.17, 15) is 14.4 Å². The molecule has 21 heavy (non-hydrogen) atoms. The number of amides is 2. The third-order valence-electron chi connectivity index (χ3n) is 3.58. The predicted molar refractivity (Wildman–Crippen MR) is 78.1 cm³/mol. The van der Waals surface area contributed by atoms with E-state index in [1.165, 1.54) is 27.1 Å². The summed E-state index contributed by atoms with van der Waals surface area (Å²) in [7, 11) is 0. The van der Waals surface area contributed by atoms with Gasteiger partial charge in [0.25, 0.3) is 5.56 Å². The molecule has 0 spiro atoms. The van der Waals surface area contributed by atoms with Crippen molar-refractivity contribution in [1.82, 2.24) is 19.8 Å². The van der Waals surface area contributed by atoms with Crippen LogP contribution in [0.2, 0.25) is 0 Å². The summed E-state index contributed by atoms with van der Waals surface area (Å²) >= 11 is 1.39. The van der Waals surface area contributed by atoms with Crippen molar-refractivity contribution in [1.29, 1.82) is 0 Å². The second kappa shape index (κ2) is 5.28. The number of thiophene rings is 1. The molecule has 7 nitrogen and oxygen atoms in total. The maximum Gasteiger partial charge on any atom is 0.262 e. The summed E-state index contributed by atoms with van der Waals surface area (Å²) in [5.41, 5.74) is -0.233. The van der Waals surface area contributed by atoms with E-state index < -0.39 is 6.04 Å². The molecule has 1 aliphatic heterocycles. The highest BCUT2D eigenvalue weighted by atomic mass is 32.1. The molecular formula is C13H14N4O3S. The Hall–Kier alpha value is -2.22. The standard InChI is InChI=1S/C13H14N4O3S/c1-8-11(19)14-3-4-17(8)10(18)6-16-7-15-12-9(13(16)20)2-5-21-12/h2,5,7-8H,3-4,6H2,1H3,(H,14,19). The van der Waals surface area contributed by atoms with Crippen molar-refractivity contribution in [3.8, 4) is 0 Å². The number of piperazine rings is 1. The number of fused-ring (bicyclic) bond motifs is 1. The van der Waals surface area contributed by atoms with Crippen molar-refractivity contribution in [3.05, 3.63) is 28.1 Å². The van der Waals surface area contributed by atoms with Crippen LogP contribution in [0.3, 0.4) is 0 Å². The van der Waals surface area contributed by atoms with Gasteiger partial charge in [0.15, 0.2) is 0 Å². The molecule has 1 atom stereocenters. The summed E-state index contributed by atoms with van der Waals surface area (Å²) < 4.78 is 1.29. The summed E-state index contributed by atoms with van der Waals surface area (Å²) in [4.78, 5) is 42.4. The van der Waals surface area contributed by atoms with Crippen LogP contribution in [-0.4, -0.2) is 45.4 Å². The monoisotopic (exact) mass is 306 g/mol. The maximum absolute atomic E-state index is 12.3. The van der Waals surface area contributed by atoms with Gasteiger partial charge in [-0.1, -0.05) is 0 Å². The average Bonchev–Trinajstić information content (AvgIpc) is 2.94. The molecule has 1 unspecified atom stereocenters. The fourth-order valence-corrected chi connectivity index (χ4v) is 3.09. The summed E-state index contributed by atoms with van der Waals surface area (Å²) in [6, 6.07) is 1.19. The molecule has 1 saturated heterocycles. The molecule has 0 bridgehead atoms. The summed E-state index contributed by atoms with van der Waals surface area (Å²) in [6.45, 7) is 2.46. The van der Waals surface area contributed by atoms with Gasteiger partial charge in [0.2, 0.25) is 11.8 Å². The molecule has 0 saturated carbocycles. The predicted octanol–water partition coefficient (Wildman–Crippen LogP) is -0.195. The third-order valence-corrected chi connectivity index (χ3v) is 4.40. The lowest BCUT2D eigenvalue weighted by Gasteiger charge is -2.32. The number of carbonyl (C=O) groups is 2. The van der Waals surface area contributed by atoms with E-state index in [4.69, 9.17) is 0 Å². The number of hydrogen-bond acceptors (Lipinski definition) is 5. The summed E-state index contributed by atoms with van der Waals surface area (Å²) in [5.74, 6) is -0.427. The van der Waals surface area contributed by atoms with E-state index in [1.54, 1.807) is 18.4 Å². The van der Waals surface area contributed by atoms with E-state index >= 15 is 0 Å². The van der Waals surface area contributed by atoms with Crippen molar-refractivity contribution in [2.24, 2.45) is 0 Å². The first-order valence-corrected chi connectivity index (χ1v) is 7.45. The zero-order chi connectivity index (χ0) is 15.0. The van der Waals surface area contributed by atoms with Crippen molar-refractivity contribution in [3.63, 3.8) is 0 Å². The molecule has 1 fully saturated rings. The molecule has 3 rings (SSSR count). The van der Waals surface area contributed by atoms with Crippen LogP contribution in [0, 0.1) is 0 Å². The normalized spacial score (nSPS) is 18.8. The van der Waals surface area contributed by atoms with Gasteiger partial charge >= 0.3 is 0 Å². The van der Waals surface area contributed by atoms with Crippen LogP contribution in [0.5, 0.6) is 0 Å². The van der Waals surface area contributed by atoms with Crippen LogP contribution >= 0.6 is 11.3 Å². The molecule has 1 aliphatic rings. The lowest BCUT2D eigenvalue weighted by atomic mass is 10.2. The van der Waals surface area contributed by atoms with Gasteiger partial charge in [0.05, 0.1) is 11.7 Å². The Labute approximate surface area is 124 Å². The first kappa shape index (κ1) is 13.7. The average molecular weight is 306 g/mol. The minimum absolute atomic E-state index is 0.102. The lowest BCUT2D eigenvalue weighted by molar-refractivity contribution is -0.142. The van der Waals surface area contributed by atoms with Crippen LogP contribution in [0.1, 0.15) is 6.92 Å². The van der Waals surface area contributed by atoms with E-state index in [2.05, 4.69) is 10.3 Å². The van der Waals surface area contributed by atoms with Gasteiger partial charge < -0.3 is 10.2 Å². The van der Waals surface area contributed by atoms with E-state index in [-0.39, 0.29) is 23.9 Å². The van der Waals surface area contributed by atoms with Gasteiger partial charge in [-0.2, -0.15) is 0 Å². The molecule has 0 radical (unpaired) electrons. The number of nitrogens with one attached hydrogen (secondary N) is 1. The first-order valence-electron chi connectivity index (χ1n) is 6.58. The second-order valence-corrected chi connectivity index (χ2v) is 5.77. The topological polar surface area (TPSA) is 84.3 Å². The highest BCUT2D eigenvalue weighted by Gasteiger charge is 2.29. The maximum atomic E-state index is 12.3. The summed E-state index contributed by atoms with van der Waals surface area (Å²) in [6.07, 6.45) is 1.38. The molecule has 3 heterocycles.